The lowest BCUT2D eigenvalue weighted by molar-refractivity contribution is -0.718. The first-order valence-electron chi connectivity index (χ1n) is 4.00. The smallest absolute Gasteiger partial charge is 0.0882 e. The van der Waals surface area contributed by atoms with E-state index in [0.29, 0.717) is 10.3 Å². The summed E-state index contributed by atoms with van der Waals surface area (Å²) in [5.41, 5.74) is 1.65. The zero-order valence-corrected chi connectivity index (χ0v) is 7.97. The fourth-order valence-corrected chi connectivity index (χ4v) is 1.04. The standard InChI is InChI=1S/C8H15N2O2/c1-6-7(5-8(2,3)4)9-12-10(6)11/h9H,5H2,1-4H3/q+1. The summed E-state index contributed by atoms with van der Waals surface area (Å²) in [6.07, 6.45) is 0.817. The van der Waals surface area contributed by atoms with E-state index in [9.17, 15) is 4.91 Å². The summed E-state index contributed by atoms with van der Waals surface area (Å²) < 4.78 is 5.08. The molecule has 0 bridgehead atoms. The Kier molecular flexibility index (Phi) is 2.08. The third-order valence-electron chi connectivity index (χ3n) is 1.67. The Morgan fingerprint density at radius 2 is 2.08 bits per heavy atom. The molecule has 0 radical (unpaired) electrons. The summed E-state index contributed by atoms with van der Waals surface area (Å²) in [7, 11) is 0. The summed E-state index contributed by atoms with van der Waals surface area (Å²) in [6, 6.07) is 0. The van der Waals surface area contributed by atoms with Gasteiger partial charge in [-0.1, -0.05) is 30.6 Å². The van der Waals surface area contributed by atoms with Crippen LogP contribution in [0.1, 0.15) is 32.2 Å². The van der Waals surface area contributed by atoms with Gasteiger partial charge >= 0.3 is 0 Å². The predicted molar refractivity (Wildman–Crippen MR) is 44.3 cm³/mol. The minimum absolute atomic E-state index is 0.165. The fourth-order valence-electron chi connectivity index (χ4n) is 1.04. The first-order valence-corrected chi connectivity index (χ1v) is 4.00. The zero-order valence-electron chi connectivity index (χ0n) is 7.97. The van der Waals surface area contributed by atoms with Gasteiger partial charge in [0.2, 0.25) is 5.69 Å². The van der Waals surface area contributed by atoms with Crippen molar-refractivity contribution in [1.82, 2.24) is 5.16 Å². The summed E-state index contributed by atoms with van der Waals surface area (Å²) in [6.45, 7) is 8.08. The molecule has 0 aromatic carbocycles. The summed E-state index contributed by atoms with van der Waals surface area (Å²) in [4.78, 5) is 10.8. The SMILES string of the molecule is Cc1c(CC(C)(C)C)[nH]o[n+]1=O. The van der Waals surface area contributed by atoms with E-state index in [0.717, 1.165) is 12.1 Å². The molecule has 1 N–H and O–H groups in total. The number of aromatic amines is 1. The van der Waals surface area contributed by atoms with Gasteiger partial charge < -0.3 is 0 Å². The van der Waals surface area contributed by atoms with Crippen LogP contribution in [0.15, 0.2) is 4.63 Å². The van der Waals surface area contributed by atoms with Gasteiger partial charge in [0.05, 0.1) is 0 Å². The Balaban J connectivity index is 2.91. The van der Waals surface area contributed by atoms with Gasteiger partial charge in [-0.3, -0.25) is 0 Å². The van der Waals surface area contributed by atoms with E-state index < -0.39 is 0 Å². The molecule has 4 heteroatoms. The van der Waals surface area contributed by atoms with E-state index in [2.05, 4.69) is 30.6 Å². The van der Waals surface area contributed by atoms with Gasteiger partial charge in [-0.25, -0.2) is 0 Å². The molecule has 0 atom stereocenters. The number of nitrogens with one attached hydrogen (secondary N) is 1. The molecule has 0 saturated heterocycles. The van der Waals surface area contributed by atoms with Crippen molar-refractivity contribution >= 4 is 0 Å². The lowest BCUT2D eigenvalue weighted by atomic mass is 9.90. The van der Waals surface area contributed by atoms with E-state index in [1.54, 1.807) is 6.92 Å². The van der Waals surface area contributed by atoms with Gasteiger partial charge in [0, 0.05) is 13.3 Å². The molecule has 0 saturated carbocycles. The van der Waals surface area contributed by atoms with Gasteiger partial charge in [0.25, 0.3) is 0 Å². The highest BCUT2D eigenvalue weighted by Crippen LogP contribution is 2.19. The van der Waals surface area contributed by atoms with Crippen molar-refractivity contribution in [2.24, 2.45) is 5.41 Å². The third kappa shape index (κ3) is 1.96. The number of hydrogen-bond donors (Lipinski definition) is 1. The maximum atomic E-state index is 10.8. The van der Waals surface area contributed by atoms with Crippen LogP contribution in [-0.4, -0.2) is 5.16 Å². The van der Waals surface area contributed by atoms with E-state index in [1.165, 1.54) is 0 Å². The molecule has 1 rings (SSSR count). The number of nitrogens with zero attached hydrogens (tertiary/aromatic N) is 1. The normalized spacial score (nSPS) is 12.0. The van der Waals surface area contributed by atoms with Gasteiger partial charge in [0.15, 0.2) is 10.3 Å². The molecule has 1 aromatic heterocycles. The van der Waals surface area contributed by atoms with Gasteiger partial charge in [-0.05, 0) is 10.3 Å². The van der Waals surface area contributed by atoms with Crippen LogP contribution >= 0.6 is 0 Å². The monoisotopic (exact) mass is 171 g/mol. The molecular formula is C8H15N2O2+. The minimum atomic E-state index is 0.165. The molecule has 12 heavy (non-hydrogen) atoms. The molecule has 0 fully saturated rings. The van der Waals surface area contributed by atoms with E-state index in [-0.39, 0.29) is 5.41 Å². The van der Waals surface area contributed by atoms with Crippen LogP contribution in [0, 0.1) is 17.2 Å². The van der Waals surface area contributed by atoms with Gasteiger partial charge in [-0.15, -0.1) is 0 Å². The summed E-state index contributed by atoms with van der Waals surface area (Å²) in [5, 5.41) is 2.61. The second-order valence-corrected chi connectivity index (χ2v) is 4.25. The van der Waals surface area contributed by atoms with Crippen molar-refractivity contribution in [2.45, 2.75) is 34.1 Å². The topological polar surface area (TPSA) is 51.9 Å². The maximum absolute atomic E-state index is 10.8. The molecular weight excluding hydrogens is 156 g/mol. The highest BCUT2D eigenvalue weighted by Gasteiger charge is 2.21. The van der Waals surface area contributed by atoms with Crippen LogP contribution in [0.5, 0.6) is 0 Å². The highest BCUT2D eigenvalue weighted by molar-refractivity contribution is 5.02. The molecule has 68 valence electrons. The Hall–Kier alpha value is -1.06. The second kappa shape index (κ2) is 2.77. The Labute approximate surface area is 71.1 Å². The number of aromatic nitrogens is 2. The van der Waals surface area contributed by atoms with E-state index in [1.807, 2.05) is 0 Å². The largest absolute Gasteiger partial charge is 0.241 e. The summed E-state index contributed by atoms with van der Waals surface area (Å²) in [5.74, 6) is 0. The lowest BCUT2D eigenvalue weighted by Gasteiger charge is -2.13. The van der Waals surface area contributed by atoms with Gasteiger partial charge in [0.1, 0.15) is 0 Å². The first-order chi connectivity index (χ1) is 5.40. The average Bonchev–Trinajstić information content (AvgIpc) is 2.16. The predicted octanol–water partition coefficient (Wildman–Crippen LogP) is 1.42. The number of rotatable bonds is 1. The zero-order chi connectivity index (χ0) is 9.35. The highest BCUT2D eigenvalue weighted by atomic mass is 16.7. The van der Waals surface area contributed by atoms with E-state index in [4.69, 9.17) is 0 Å². The summed E-state index contributed by atoms with van der Waals surface area (Å²) >= 11 is 0. The molecule has 1 heterocycles. The van der Waals surface area contributed by atoms with Gasteiger partial charge in [-0.2, -0.15) is 0 Å². The van der Waals surface area contributed by atoms with Crippen LogP contribution < -0.4 is 4.60 Å². The molecule has 0 aliphatic rings. The van der Waals surface area contributed by atoms with Crippen molar-refractivity contribution in [1.29, 1.82) is 0 Å². The molecule has 0 unspecified atom stereocenters. The Morgan fingerprint density at radius 3 is 2.42 bits per heavy atom. The van der Waals surface area contributed by atoms with Crippen molar-refractivity contribution in [3.63, 3.8) is 0 Å². The molecule has 0 spiro atoms. The average molecular weight is 171 g/mol. The lowest BCUT2D eigenvalue weighted by Crippen LogP contribution is -2.15. The molecule has 1 aromatic rings. The molecule has 4 nitrogen and oxygen atoms in total. The van der Waals surface area contributed by atoms with Crippen LogP contribution in [-0.2, 0) is 6.42 Å². The van der Waals surface area contributed by atoms with E-state index >= 15 is 0 Å². The van der Waals surface area contributed by atoms with Crippen LogP contribution in [0.25, 0.3) is 0 Å². The van der Waals surface area contributed by atoms with Crippen LogP contribution in [0.4, 0.5) is 0 Å². The minimum Gasteiger partial charge on any atom is -0.0882 e. The van der Waals surface area contributed by atoms with Crippen molar-refractivity contribution in [3.8, 4) is 0 Å². The van der Waals surface area contributed by atoms with Crippen LogP contribution in [0.3, 0.4) is 0 Å². The second-order valence-electron chi connectivity index (χ2n) is 4.25. The van der Waals surface area contributed by atoms with Crippen LogP contribution in [0.2, 0.25) is 0 Å². The molecule has 0 aliphatic heterocycles. The van der Waals surface area contributed by atoms with Crippen molar-refractivity contribution in [3.05, 3.63) is 16.3 Å². The fraction of sp³-hybridized carbons (Fsp3) is 0.750. The van der Waals surface area contributed by atoms with Crippen molar-refractivity contribution < 1.29 is 9.23 Å². The molecule has 0 aliphatic carbocycles. The molecule has 0 amide bonds. The Morgan fingerprint density at radius 1 is 1.50 bits per heavy atom. The number of H-pyrrole nitrogens is 1. The van der Waals surface area contributed by atoms with Crippen molar-refractivity contribution in [2.75, 3.05) is 0 Å². The maximum Gasteiger partial charge on any atom is 0.241 e. The number of hydrogen-bond acceptors (Lipinski definition) is 2. The Bertz CT molecular complexity index is 317. The third-order valence-corrected chi connectivity index (χ3v) is 1.67. The quantitative estimate of drug-likeness (QED) is 0.694. The first kappa shape index (κ1) is 9.03.